The van der Waals surface area contributed by atoms with Crippen LogP contribution in [0.3, 0.4) is 0 Å². The first kappa shape index (κ1) is 20.8. The molecule has 4 aromatic carbocycles. The zero-order valence-corrected chi connectivity index (χ0v) is 18.5. The van der Waals surface area contributed by atoms with Gasteiger partial charge in [0.25, 0.3) is 5.91 Å². The molecule has 0 unspecified atom stereocenters. The first-order valence-electron chi connectivity index (χ1n) is 11.0. The number of ether oxygens (including phenoxy) is 1. The first-order chi connectivity index (χ1) is 16.1. The summed E-state index contributed by atoms with van der Waals surface area (Å²) in [5.74, 6) is 1.39. The lowest BCUT2D eigenvalue weighted by Crippen LogP contribution is -2.20. The Morgan fingerprint density at radius 3 is 2.67 bits per heavy atom. The third-order valence-corrected chi connectivity index (χ3v) is 5.58. The summed E-state index contributed by atoms with van der Waals surface area (Å²) in [6.45, 7) is 4.22. The van der Waals surface area contributed by atoms with E-state index in [4.69, 9.17) is 9.15 Å². The quantitative estimate of drug-likeness (QED) is 0.318. The second-order valence-electron chi connectivity index (χ2n) is 8.30. The molecular weight excluding hydrogens is 412 g/mol. The van der Waals surface area contributed by atoms with Crippen LogP contribution in [0.4, 0.5) is 5.69 Å². The highest BCUT2D eigenvalue weighted by molar-refractivity contribution is 5.93. The molecule has 0 saturated carbocycles. The third-order valence-electron chi connectivity index (χ3n) is 5.58. The molecular formula is C28H24N2O3. The van der Waals surface area contributed by atoms with E-state index in [1.807, 2.05) is 72.8 Å². The van der Waals surface area contributed by atoms with Gasteiger partial charge in [-0.25, -0.2) is 4.98 Å². The maximum atomic E-state index is 12.5. The molecule has 0 aliphatic carbocycles. The molecule has 0 saturated heterocycles. The molecule has 1 N–H and O–H groups in total. The summed E-state index contributed by atoms with van der Waals surface area (Å²) in [5, 5.41) is 4.94. The van der Waals surface area contributed by atoms with Crippen LogP contribution >= 0.6 is 0 Å². The molecule has 0 aliphatic heterocycles. The van der Waals surface area contributed by atoms with Crippen molar-refractivity contribution in [3.63, 3.8) is 0 Å². The number of benzene rings is 4. The van der Waals surface area contributed by atoms with Gasteiger partial charge in [-0.1, -0.05) is 62.4 Å². The second-order valence-corrected chi connectivity index (χ2v) is 8.30. The van der Waals surface area contributed by atoms with Gasteiger partial charge in [-0.2, -0.15) is 0 Å². The zero-order valence-electron chi connectivity index (χ0n) is 18.5. The van der Waals surface area contributed by atoms with Crippen molar-refractivity contribution in [3.8, 4) is 17.2 Å². The molecule has 164 valence electrons. The molecule has 5 rings (SSSR count). The van der Waals surface area contributed by atoms with Crippen LogP contribution in [0.5, 0.6) is 5.75 Å². The smallest absolute Gasteiger partial charge is 0.262 e. The number of rotatable bonds is 6. The van der Waals surface area contributed by atoms with Crippen molar-refractivity contribution in [1.82, 2.24) is 4.98 Å². The molecule has 0 fully saturated rings. The lowest BCUT2D eigenvalue weighted by atomic mass is 10.0. The van der Waals surface area contributed by atoms with E-state index in [9.17, 15) is 4.79 Å². The highest BCUT2D eigenvalue weighted by atomic mass is 16.5. The summed E-state index contributed by atoms with van der Waals surface area (Å²) >= 11 is 0. The standard InChI is InChI=1S/C28H24N2O3/c1-18(2)20-13-14-26-24(16-20)30-28(33-26)21-9-5-10-22(15-21)29-27(31)17-32-25-12-6-8-19-7-3-4-11-23(19)25/h3-16,18H,17H2,1-2H3,(H,29,31). The van der Waals surface area contributed by atoms with Crippen LogP contribution in [0, 0.1) is 0 Å². The third kappa shape index (κ3) is 4.44. The van der Waals surface area contributed by atoms with Gasteiger partial charge in [0.2, 0.25) is 5.89 Å². The molecule has 0 aliphatic rings. The molecule has 0 radical (unpaired) electrons. The molecule has 0 bridgehead atoms. The number of carbonyl (C=O) groups excluding carboxylic acids is 1. The Morgan fingerprint density at radius 1 is 0.970 bits per heavy atom. The monoisotopic (exact) mass is 436 g/mol. The van der Waals surface area contributed by atoms with E-state index < -0.39 is 0 Å². The summed E-state index contributed by atoms with van der Waals surface area (Å²) in [5.41, 5.74) is 4.24. The topological polar surface area (TPSA) is 64.4 Å². The van der Waals surface area contributed by atoms with Gasteiger partial charge in [0.1, 0.15) is 11.3 Å². The summed E-state index contributed by atoms with van der Waals surface area (Å²) in [6.07, 6.45) is 0. The Morgan fingerprint density at radius 2 is 1.79 bits per heavy atom. The van der Waals surface area contributed by atoms with Gasteiger partial charge in [-0.05, 0) is 53.3 Å². The molecule has 5 aromatic rings. The molecule has 1 aromatic heterocycles. The summed E-state index contributed by atoms with van der Waals surface area (Å²) in [6, 6.07) is 27.3. The SMILES string of the molecule is CC(C)c1ccc2oc(-c3cccc(NC(=O)COc4cccc5ccccc45)c3)nc2c1. The van der Waals surface area contributed by atoms with E-state index >= 15 is 0 Å². The fourth-order valence-corrected chi connectivity index (χ4v) is 3.82. The average Bonchev–Trinajstić information content (AvgIpc) is 3.26. The van der Waals surface area contributed by atoms with Gasteiger partial charge in [0, 0.05) is 16.6 Å². The molecule has 5 heteroatoms. The largest absolute Gasteiger partial charge is 0.483 e. The van der Waals surface area contributed by atoms with Crippen molar-refractivity contribution >= 4 is 33.5 Å². The maximum absolute atomic E-state index is 12.5. The number of hydrogen-bond donors (Lipinski definition) is 1. The number of nitrogens with one attached hydrogen (secondary N) is 1. The fraction of sp³-hybridized carbons (Fsp3) is 0.143. The van der Waals surface area contributed by atoms with Crippen molar-refractivity contribution < 1.29 is 13.9 Å². The van der Waals surface area contributed by atoms with E-state index in [0.29, 0.717) is 23.2 Å². The van der Waals surface area contributed by atoms with E-state index in [1.165, 1.54) is 5.56 Å². The van der Waals surface area contributed by atoms with Crippen molar-refractivity contribution in [2.75, 3.05) is 11.9 Å². The average molecular weight is 437 g/mol. The molecule has 1 amide bonds. The predicted octanol–water partition coefficient (Wildman–Crippen LogP) is 6.79. The highest BCUT2D eigenvalue weighted by Crippen LogP contribution is 2.29. The summed E-state index contributed by atoms with van der Waals surface area (Å²) in [4.78, 5) is 17.2. The number of hydrogen-bond acceptors (Lipinski definition) is 4. The molecule has 0 atom stereocenters. The number of anilines is 1. The Hall–Kier alpha value is -4.12. The van der Waals surface area contributed by atoms with Gasteiger partial charge >= 0.3 is 0 Å². The number of amides is 1. The lowest BCUT2D eigenvalue weighted by Gasteiger charge is -2.10. The fourth-order valence-electron chi connectivity index (χ4n) is 3.82. The van der Waals surface area contributed by atoms with Crippen molar-refractivity contribution in [2.24, 2.45) is 0 Å². The molecule has 1 heterocycles. The van der Waals surface area contributed by atoms with Crippen LogP contribution in [-0.2, 0) is 4.79 Å². The zero-order chi connectivity index (χ0) is 22.8. The minimum Gasteiger partial charge on any atom is -0.483 e. The van der Waals surface area contributed by atoms with Crippen LogP contribution in [0.15, 0.2) is 89.3 Å². The van der Waals surface area contributed by atoms with E-state index in [2.05, 4.69) is 36.3 Å². The lowest BCUT2D eigenvalue weighted by molar-refractivity contribution is -0.118. The normalized spacial score (nSPS) is 11.2. The summed E-state index contributed by atoms with van der Waals surface area (Å²) < 4.78 is 11.7. The van der Waals surface area contributed by atoms with Crippen molar-refractivity contribution in [1.29, 1.82) is 0 Å². The van der Waals surface area contributed by atoms with E-state index in [1.54, 1.807) is 0 Å². The molecule has 0 spiro atoms. The van der Waals surface area contributed by atoms with Crippen LogP contribution in [0.2, 0.25) is 0 Å². The van der Waals surface area contributed by atoms with Gasteiger partial charge < -0.3 is 14.5 Å². The maximum Gasteiger partial charge on any atom is 0.262 e. The summed E-state index contributed by atoms with van der Waals surface area (Å²) in [7, 11) is 0. The number of aromatic nitrogens is 1. The number of fused-ring (bicyclic) bond motifs is 2. The van der Waals surface area contributed by atoms with Crippen molar-refractivity contribution in [2.45, 2.75) is 19.8 Å². The minimum absolute atomic E-state index is 0.0842. The van der Waals surface area contributed by atoms with Gasteiger partial charge in [-0.15, -0.1) is 0 Å². The molecule has 5 nitrogen and oxygen atoms in total. The number of oxazole rings is 1. The van der Waals surface area contributed by atoms with Gasteiger partial charge in [-0.3, -0.25) is 4.79 Å². The highest BCUT2D eigenvalue weighted by Gasteiger charge is 2.12. The Labute approximate surface area is 192 Å². The number of carbonyl (C=O) groups is 1. The van der Waals surface area contributed by atoms with Crippen LogP contribution in [0.1, 0.15) is 25.3 Å². The predicted molar refractivity (Wildman–Crippen MR) is 132 cm³/mol. The number of nitrogens with zero attached hydrogens (tertiary/aromatic N) is 1. The molecule has 33 heavy (non-hydrogen) atoms. The van der Waals surface area contributed by atoms with E-state index in [0.717, 1.165) is 27.4 Å². The van der Waals surface area contributed by atoms with Crippen molar-refractivity contribution in [3.05, 3.63) is 90.5 Å². The van der Waals surface area contributed by atoms with Gasteiger partial charge in [0.15, 0.2) is 12.2 Å². The van der Waals surface area contributed by atoms with Gasteiger partial charge in [0.05, 0.1) is 0 Å². The Balaban J connectivity index is 1.30. The van der Waals surface area contributed by atoms with Crippen LogP contribution in [-0.4, -0.2) is 17.5 Å². The minimum atomic E-state index is -0.237. The Bertz CT molecular complexity index is 1450. The van der Waals surface area contributed by atoms with Crippen LogP contribution < -0.4 is 10.1 Å². The Kier molecular flexibility index (Phi) is 5.53. The second kappa shape index (κ2) is 8.79. The first-order valence-corrected chi connectivity index (χ1v) is 11.0. The van der Waals surface area contributed by atoms with Crippen LogP contribution in [0.25, 0.3) is 33.3 Å². The van der Waals surface area contributed by atoms with E-state index in [-0.39, 0.29) is 12.5 Å².